The van der Waals surface area contributed by atoms with Crippen LogP contribution < -0.4 is 5.73 Å². The molecule has 0 spiro atoms. The number of carbonyl (C=O) groups excluding carboxylic acids is 2. The first-order chi connectivity index (χ1) is 8.78. The van der Waals surface area contributed by atoms with Gasteiger partial charge in [0.05, 0.1) is 6.54 Å². The predicted octanol–water partition coefficient (Wildman–Crippen LogP) is 2.08. The molecule has 0 bridgehead atoms. The third-order valence-electron chi connectivity index (χ3n) is 3.30. The van der Waals surface area contributed by atoms with Gasteiger partial charge < -0.3 is 5.73 Å². The molecular weight excluding hydrogens is 247 g/mol. The third kappa shape index (κ3) is 2.92. The van der Waals surface area contributed by atoms with E-state index in [0.717, 1.165) is 0 Å². The molecule has 1 saturated heterocycles. The molecule has 1 aromatic carbocycles. The molecule has 4 nitrogen and oxygen atoms in total. The van der Waals surface area contributed by atoms with Crippen LogP contribution in [0.3, 0.4) is 0 Å². The van der Waals surface area contributed by atoms with Gasteiger partial charge in [-0.1, -0.05) is 19.9 Å². The fourth-order valence-corrected chi connectivity index (χ4v) is 2.27. The summed E-state index contributed by atoms with van der Waals surface area (Å²) in [6, 6.07) is 3.97. The number of carbonyl (C=O) groups is 2. The highest BCUT2D eigenvalue weighted by molar-refractivity contribution is 5.98. The molecule has 1 aromatic rings. The van der Waals surface area contributed by atoms with E-state index in [1.807, 2.05) is 13.8 Å². The van der Waals surface area contributed by atoms with Crippen molar-refractivity contribution in [3.8, 4) is 0 Å². The molecule has 1 heterocycles. The number of amides is 2. The summed E-state index contributed by atoms with van der Waals surface area (Å²) < 4.78 is 13.0. The van der Waals surface area contributed by atoms with Gasteiger partial charge in [0.15, 0.2) is 0 Å². The summed E-state index contributed by atoms with van der Waals surface area (Å²) in [6.45, 7) is 3.90. The number of anilines is 1. The van der Waals surface area contributed by atoms with Gasteiger partial charge in [-0.05, 0) is 23.1 Å². The number of halogens is 1. The largest absolute Gasteiger partial charge is 0.398 e. The second kappa shape index (κ2) is 4.64. The van der Waals surface area contributed by atoms with Gasteiger partial charge >= 0.3 is 0 Å². The number of nitrogens with zero attached hydrogens (tertiary/aromatic N) is 1. The average molecular weight is 264 g/mol. The van der Waals surface area contributed by atoms with E-state index in [9.17, 15) is 14.0 Å². The standard InChI is InChI=1S/C14H17FN2O2/c1-14(2)6-12(18)17(13(19)7-14)8-9-3-4-10(15)5-11(9)16/h3-5H,6-8,16H2,1-2H3. The van der Waals surface area contributed by atoms with Crippen molar-refractivity contribution < 1.29 is 14.0 Å². The highest BCUT2D eigenvalue weighted by Crippen LogP contribution is 2.32. The van der Waals surface area contributed by atoms with Gasteiger partial charge in [-0.2, -0.15) is 0 Å². The number of likely N-dealkylation sites (tertiary alicyclic amines) is 1. The van der Waals surface area contributed by atoms with Gasteiger partial charge in [0.2, 0.25) is 11.8 Å². The van der Waals surface area contributed by atoms with Gasteiger partial charge in [-0.3, -0.25) is 14.5 Å². The fourth-order valence-electron chi connectivity index (χ4n) is 2.27. The summed E-state index contributed by atoms with van der Waals surface area (Å²) in [5, 5.41) is 0. The van der Waals surface area contributed by atoms with Crippen LogP contribution in [0.5, 0.6) is 0 Å². The van der Waals surface area contributed by atoms with E-state index in [1.165, 1.54) is 23.1 Å². The zero-order valence-electron chi connectivity index (χ0n) is 11.1. The number of nitrogens with two attached hydrogens (primary N) is 1. The Kier molecular flexibility index (Phi) is 3.30. The first-order valence-corrected chi connectivity index (χ1v) is 6.16. The van der Waals surface area contributed by atoms with E-state index < -0.39 is 5.82 Å². The zero-order valence-corrected chi connectivity index (χ0v) is 11.1. The van der Waals surface area contributed by atoms with Gasteiger partial charge in [0, 0.05) is 18.5 Å². The molecule has 0 aliphatic carbocycles. The molecule has 2 rings (SSSR count). The van der Waals surface area contributed by atoms with Crippen molar-refractivity contribution in [3.63, 3.8) is 0 Å². The van der Waals surface area contributed by atoms with E-state index in [1.54, 1.807) is 0 Å². The Morgan fingerprint density at radius 1 is 1.26 bits per heavy atom. The third-order valence-corrected chi connectivity index (χ3v) is 3.30. The second-order valence-electron chi connectivity index (χ2n) is 5.73. The van der Waals surface area contributed by atoms with Crippen LogP contribution in [0.15, 0.2) is 18.2 Å². The number of piperidine rings is 1. The van der Waals surface area contributed by atoms with Crippen molar-refractivity contribution in [2.24, 2.45) is 5.41 Å². The Bertz CT molecular complexity index is 520. The van der Waals surface area contributed by atoms with Crippen LogP contribution >= 0.6 is 0 Å². The van der Waals surface area contributed by atoms with Crippen LogP contribution in [0.2, 0.25) is 0 Å². The number of imide groups is 1. The van der Waals surface area contributed by atoms with E-state index in [4.69, 9.17) is 5.73 Å². The Labute approximate surface area is 111 Å². The molecule has 19 heavy (non-hydrogen) atoms. The van der Waals surface area contributed by atoms with E-state index >= 15 is 0 Å². The minimum atomic E-state index is -0.432. The van der Waals surface area contributed by atoms with Crippen molar-refractivity contribution in [2.75, 3.05) is 5.73 Å². The van der Waals surface area contributed by atoms with Gasteiger partial charge in [-0.25, -0.2) is 4.39 Å². The smallest absolute Gasteiger partial charge is 0.230 e. The summed E-state index contributed by atoms with van der Waals surface area (Å²) in [6.07, 6.45) is 0.666. The summed E-state index contributed by atoms with van der Waals surface area (Å²) in [5.41, 5.74) is 6.24. The van der Waals surface area contributed by atoms with Crippen molar-refractivity contribution in [1.29, 1.82) is 0 Å². The molecule has 0 saturated carbocycles. The van der Waals surface area contributed by atoms with Gasteiger partial charge in [-0.15, -0.1) is 0 Å². The minimum absolute atomic E-state index is 0.111. The van der Waals surface area contributed by atoms with Crippen molar-refractivity contribution in [3.05, 3.63) is 29.6 Å². The first-order valence-electron chi connectivity index (χ1n) is 6.16. The highest BCUT2D eigenvalue weighted by Gasteiger charge is 2.37. The lowest BCUT2D eigenvalue weighted by molar-refractivity contribution is -0.153. The highest BCUT2D eigenvalue weighted by atomic mass is 19.1. The van der Waals surface area contributed by atoms with E-state index in [0.29, 0.717) is 18.4 Å². The maximum absolute atomic E-state index is 13.0. The molecule has 2 N–H and O–H groups in total. The molecule has 1 aliphatic rings. The van der Waals surface area contributed by atoms with Crippen LogP contribution in [0.1, 0.15) is 32.3 Å². The fraction of sp³-hybridized carbons (Fsp3) is 0.429. The lowest BCUT2D eigenvalue weighted by Crippen LogP contribution is -2.45. The topological polar surface area (TPSA) is 63.4 Å². The summed E-state index contributed by atoms with van der Waals surface area (Å²) in [4.78, 5) is 25.2. The molecule has 0 radical (unpaired) electrons. The van der Waals surface area contributed by atoms with Crippen molar-refractivity contribution in [2.45, 2.75) is 33.2 Å². The lowest BCUT2D eigenvalue weighted by atomic mass is 9.81. The number of hydrogen-bond donors (Lipinski definition) is 1. The predicted molar refractivity (Wildman–Crippen MR) is 69.4 cm³/mol. The minimum Gasteiger partial charge on any atom is -0.398 e. The van der Waals surface area contributed by atoms with Crippen LogP contribution in [0, 0.1) is 11.2 Å². The zero-order chi connectivity index (χ0) is 14.2. The summed E-state index contributed by atoms with van der Waals surface area (Å²) in [7, 11) is 0. The Morgan fingerprint density at radius 2 is 1.84 bits per heavy atom. The maximum atomic E-state index is 13.0. The molecule has 5 heteroatoms. The quantitative estimate of drug-likeness (QED) is 0.657. The molecule has 2 amide bonds. The van der Waals surface area contributed by atoms with Gasteiger partial charge in [0.1, 0.15) is 5.82 Å². The first kappa shape index (κ1) is 13.5. The number of nitrogen functional groups attached to an aromatic ring is 1. The molecule has 0 unspecified atom stereocenters. The van der Waals surface area contributed by atoms with Crippen molar-refractivity contribution >= 4 is 17.5 Å². The maximum Gasteiger partial charge on any atom is 0.230 e. The molecule has 1 fully saturated rings. The monoisotopic (exact) mass is 264 g/mol. The van der Waals surface area contributed by atoms with Gasteiger partial charge in [0.25, 0.3) is 0 Å². The lowest BCUT2D eigenvalue weighted by Gasteiger charge is -2.34. The summed E-state index contributed by atoms with van der Waals surface area (Å²) >= 11 is 0. The second-order valence-corrected chi connectivity index (χ2v) is 5.73. The molecule has 0 aromatic heterocycles. The van der Waals surface area contributed by atoms with Crippen LogP contribution in [-0.2, 0) is 16.1 Å². The Hall–Kier alpha value is -1.91. The van der Waals surface area contributed by atoms with E-state index in [2.05, 4.69) is 0 Å². The number of benzene rings is 1. The molecule has 0 atom stereocenters. The van der Waals surface area contributed by atoms with Crippen LogP contribution in [0.4, 0.5) is 10.1 Å². The normalized spacial score (nSPS) is 18.8. The Morgan fingerprint density at radius 3 is 2.37 bits per heavy atom. The van der Waals surface area contributed by atoms with Crippen molar-refractivity contribution in [1.82, 2.24) is 4.90 Å². The van der Waals surface area contributed by atoms with Crippen LogP contribution in [-0.4, -0.2) is 16.7 Å². The molecule has 102 valence electrons. The average Bonchev–Trinajstić information content (AvgIpc) is 2.24. The van der Waals surface area contributed by atoms with Crippen LogP contribution in [0.25, 0.3) is 0 Å². The molecular formula is C14H17FN2O2. The Balaban J connectivity index is 2.19. The number of hydrogen-bond acceptors (Lipinski definition) is 3. The summed E-state index contributed by atoms with van der Waals surface area (Å²) in [5.74, 6) is -0.839. The number of rotatable bonds is 2. The van der Waals surface area contributed by atoms with E-state index in [-0.39, 0.29) is 29.5 Å². The SMILES string of the molecule is CC1(C)CC(=O)N(Cc2ccc(F)cc2N)C(=O)C1. The molecule has 1 aliphatic heterocycles.